The first-order valence-corrected chi connectivity index (χ1v) is 21.7. The number of carboxylic acid groups (broad SMARTS) is 1. The standard InChI is InChI=1S/C22H35N5O6S4.C6H12O2.C5H12O.CH5N/c1-21(2,3)36-34-11-13(19(23)32)25-15(28)9-24-20(33)14(12-35-37-22(4,5)6)26-16(29)10-27-17(30)7-8-18(27)31;1-5(2)3-4-6(7)8;1-5(2)3-4-6;1-2/h7-8,13-14H,9-12H2,1-6H3,(H2,23,32)(H,24,33)(H,25,28)(H,26,29);5H,3-4H2,1-2H3,(H,7,8);5-6H,3-4H2,1-2H3;2H2,1H3. The van der Waals surface area contributed by atoms with Gasteiger partial charge in [0.05, 0.1) is 6.54 Å². The van der Waals surface area contributed by atoms with Crippen LogP contribution in [-0.4, -0.2) is 116 Å². The molecule has 0 fully saturated rings. The molecule has 0 aliphatic carbocycles. The number of hydrogen-bond acceptors (Lipinski definition) is 13. The van der Waals surface area contributed by atoms with Crippen molar-refractivity contribution in [2.75, 3.05) is 38.2 Å². The zero-order chi connectivity index (χ0) is 41.9. The first-order chi connectivity index (χ1) is 24.4. The van der Waals surface area contributed by atoms with Crippen LogP contribution in [0.2, 0.25) is 0 Å². The number of primary amides is 1. The van der Waals surface area contributed by atoms with Crippen molar-refractivity contribution in [2.45, 2.75) is 110 Å². The zero-order valence-electron chi connectivity index (χ0n) is 33.1. The summed E-state index contributed by atoms with van der Waals surface area (Å²) in [7, 11) is 7.32. The highest BCUT2D eigenvalue weighted by atomic mass is 33.1. The molecule has 2 atom stereocenters. The number of carbonyl (C=O) groups is 7. The van der Waals surface area contributed by atoms with Gasteiger partial charge >= 0.3 is 5.97 Å². The van der Waals surface area contributed by atoms with E-state index in [4.69, 9.17) is 15.9 Å². The number of rotatable bonds is 19. The Morgan fingerprint density at radius 1 is 0.774 bits per heavy atom. The molecule has 0 radical (unpaired) electrons. The Hall–Kier alpha value is -2.45. The monoisotopic (exact) mass is 828 g/mol. The number of carboxylic acids is 1. The van der Waals surface area contributed by atoms with E-state index in [1.165, 1.54) is 39.4 Å². The van der Waals surface area contributed by atoms with Gasteiger partial charge in [0.15, 0.2) is 0 Å². The average Bonchev–Trinajstić information content (AvgIpc) is 3.34. The molecule has 19 heteroatoms. The van der Waals surface area contributed by atoms with E-state index in [0.717, 1.165) is 29.9 Å². The van der Waals surface area contributed by atoms with Crippen LogP contribution in [0.25, 0.3) is 0 Å². The van der Waals surface area contributed by atoms with Crippen molar-refractivity contribution in [3.05, 3.63) is 12.2 Å². The number of aliphatic carboxylic acids is 1. The van der Waals surface area contributed by atoms with Crippen molar-refractivity contribution in [3.63, 3.8) is 0 Å². The number of imide groups is 1. The summed E-state index contributed by atoms with van der Waals surface area (Å²) < 4.78 is -0.151. The van der Waals surface area contributed by atoms with E-state index in [2.05, 4.69) is 35.5 Å². The quantitative estimate of drug-likeness (QED) is 0.0731. The number of aliphatic hydroxyl groups excluding tert-OH is 1. The molecule has 0 aromatic carbocycles. The van der Waals surface area contributed by atoms with Crippen LogP contribution in [0, 0.1) is 11.8 Å². The summed E-state index contributed by atoms with van der Waals surface area (Å²) in [6.45, 7) is 19.6. The molecule has 9 N–H and O–H groups in total. The molecule has 53 heavy (non-hydrogen) atoms. The highest BCUT2D eigenvalue weighted by Crippen LogP contribution is 2.36. The molecule has 15 nitrogen and oxygen atoms in total. The Kier molecular flexibility index (Phi) is 30.9. The van der Waals surface area contributed by atoms with Crippen LogP contribution in [0.3, 0.4) is 0 Å². The van der Waals surface area contributed by atoms with Gasteiger partial charge in [-0.15, -0.1) is 0 Å². The molecule has 1 rings (SSSR count). The third-order valence-corrected chi connectivity index (χ3v) is 12.4. The number of aliphatic hydroxyl groups is 1. The van der Waals surface area contributed by atoms with Gasteiger partial charge in [0, 0.05) is 46.2 Å². The lowest BCUT2D eigenvalue weighted by atomic mass is 10.1. The summed E-state index contributed by atoms with van der Waals surface area (Å²) in [5.41, 5.74) is 9.90. The third kappa shape index (κ3) is 33.8. The van der Waals surface area contributed by atoms with Gasteiger partial charge in [-0.25, -0.2) is 0 Å². The molecule has 0 bridgehead atoms. The molecule has 0 saturated heterocycles. The predicted octanol–water partition coefficient (Wildman–Crippen LogP) is 2.95. The maximum absolute atomic E-state index is 12.8. The third-order valence-electron chi connectivity index (χ3n) is 5.69. The molecule has 0 spiro atoms. The maximum atomic E-state index is 12.8. The van der Waals surface area contributed by atoms with Gasteiger partial charge in [0.2, 0.25) is 23.6 Å². The molecule has 2 unspecified atom stereocenters. The van der Waals surface area contributed by atoms with Gasteiger partial charge in [-0.05, 0) is 31.7 Å². The Morgan fingerprint density at radius 2 is 1.21 bits per heavy atom. The van der Waals surface area contributed by atoms with Crippen molar-refractivity contribution >= 4 is 84.6 Å². The van der Waals surface area contributed by atoms with Gasteiger partial charge in [-0.2, -0.15) is 0 Å². The van der Waals surface area contributed by atoms with E-state index < -0.39 is 66.6 Å². The van der Waals surface area contributed by atoms with E-state index in [1.54, 1.807) is 10.8 Å². The van der Waals surface area contributed by atoms with Gasteiger partial charge in [0.1, 0.15) is 18.6 Å². The normalized spacial score (nSPS) is 13.5. The van der Waals surface area contributed by atoms with Crippen LogP contribution in [0.5, 0.6) is 0 Å². The molecule has 0 aromatic rings. The zero-order valence-corrected chi connectivity index (χ0v) is 36.4. The van der Waals surface area contributed by atoms with Crippen LogP contribution in [0.4, 0.5) is 0 Å². The second-order valence-corrected chi connectivity index (χ2v) is 20.5. The van der Waals surface area contributed by atoms with Crippen LogP contribution in [0.1, 0.15) is 88.5 Å². The van der Waals surface area contributed by atoms with Crippen molar-refractivity contribution in [1.29, 1.82) is 0 Å². The van der Waals surface area contributed by atoms with Crippen molar-refractivity contribution in [3.8, 4) is 0 Å². The second kappa shape index (κ2) is 29.9. The largest absolute Gasteiger partial charge is 0.481 e. The number of nitrogens with two attached hydrogens (primary N) is 2. The fraction of sp³-hybridized carbons (Fsp3) is 0.735. The van der Waals surface area contributed by atoms with E-state index in [1.807, 2.05) is 55.4 Å². The fourth-order valence-corrected chi connectivity index (χ4v) is 8.06. The second-order valence-electron chi connectivity index (χ2n) is 14.1. The van der Waals surface area contributed by atoms with Crippen molar-refractivity contribution < 1.29 is 43.8 Å². The number of nitrogens with one attached hydrogen (secondary N) is 3. The van der Waals surface area contributed by atoms with E-state index in [-0.39, 0.29) is 21.0 Å². The van der Waals surface area contributed by atoms with Gasteiger partial charge < -0.3 is 37.6 Å². The van der Waals surface area contributed by atoms with Gasteiger partial charge in [0.25, 0.3) is 11.8 Å². The molecular weight excluding hydrogens is 765 g/mol. The Labute approximate surface area is 331 Å². The minimum Gasteiger partial charge on any atom is -0.481 e. The summed E-state index contributed by atoms with van der Waals surface area (Å²) in [4.78, 5) is 83.5. The van der Waals surface area contributed by atoms with Crippen LogP contribution in [0.15, 0.2) is 12.2 Å². The fourth-order valence-electron chi connectivity index (χ4n) is 3.11. The first-order valence-electron chi connectivity index (χ1n) is 17.1. The summed E-state index contributed by atoms with van der Waals surface area (Å²) in [6.07, 6.45) is 4.15. The van der Waals surface area contributed by atoms with Crippen molar-refractivity contribution in [2.24, 2.45) is 23.3 Å². The molecule has 1 heterocycles. The van der Waals surface area contributed by atoms with Gasteiger partial charge in [-0.1, -0.05) is 112 Å². The Morgan fingerprint density at radius 3 is 1.55 bits per heavy atom. The molecular formula is C34H64N6O9S4. The summed E-state index contributed by atoms with van der Waals surface area (Å²) in [5.74, 6) is -2.96. The minimum absolute atomic E-state index is 0.0422. The van der Waals surface area contributed by atoms with E-state index >= 15 is 0 Å². The smallest absolute Gasteiger partial charge is 0.303 e. The number of nitrogens with zero attached hydrogens (tertiary/aromatic N) is 1. The SMILES string of the molecule is CC(C)(C)SSCC(NC(=O)CNC(=O)C(CSSC(C)(C)C)NC(=O)CN1C(=O)C=CC1=O)C(N)=O.CC(C)CCC(=O)O.CC(C)CCO.CN. The summed E-state index contributed by atoms with van der Waals surface area (Å²) in [5, 5.41) is 23.9. The highest BCUT2D eigenvalue weighted by molar-refractivity contribution is 8.77. The van der Waals surface area contributed by atoms with Crippen LogP contribution in [-0.2, 0) is 33.6 Å². The number of amides is 6. The summed E-state index contributed by atoms with van der Waals surface area (Å²) >= 11 is 0. The molecule has 0 aromatic heterocycles. The lowest BCUT2D eigenvalue weighted by Gasteiger charge is -2.22. The Balaban J connectivity index is -0.00000130. The maximum Gasteiger partial charge on any atom is 0.303 e. The molecule has 0 saturated carbocycles. The van der Waals surface area contributed by atoms with E-state index in [0.29, 0.717) is 24.9 Å². The molecule has 6 amide bonds. The predicted molar refractivity (Wildman–Crippen MR) is 220 cm³/mol. The van der Waals surface area contributed by atoms with Crippen LogP contribution < -0.4 is 27.4 Å². The van der Waals surface area contributed by atoms with Crippen molar-refractivity contribution in [1.82, 2.24) is 20.9 Å². The summed E-state index contributed by atoms with van der Waals surface area (Å²) in [6, 6.07) is -1.95. The first kappa shape index (κ1) is 54.9. The minimum atomic E-state index is -1.04. The number of carbonyl (C=O) groups excluding carboxylic acids is 6. The van der Waals surface area contributed by atoms with Gasteiger partial charge in [-0.3, -0.25) is 38.5 Å². The molecule has 1 aliphatic rings. The van der Waals surface area contributed by atoms with E-state index in [9.17, 15) is 33.6 Å². The number of hydrogen-bond donors (Lipinski definition) is 7. The lowest BCUT2D eigenvalue weighted by molar-refractivity contribution is -0.141. The highest BCUT2D eigenvalue weighted by Gasteiger charge is 2.29. The van der Waals surface area contributed by atoms with Crippen LogP contribution >= 0.6 is 43.2 Å². The molecule has 1 aliphatic heterocycles. The Bertz CT molecular complexity index is 1160. The topological polar surface area (TPSA) is 251 Å². The average molecular weight is 829 g/mol. The lowest BCUT2D eigenvalue weighted by Crippen LogP contribution is -2.54. The molecule has 308 valence electrons.